The van der Waals surface area contributed by atoms with E-state index in [-0.39, 0.29) is 19.2 Å². The van der Waals surface area contributed by atoms with Gasteiger partial charge in [0.2, 0.25) is 19.2 Å². The summed E-state index contributed by atoms with van der Waals surface area (Å²) in [7, 11) is 0. The van der Waals surface area contributed by atoms with Crippen LogP contribution in [0.15, 0.2) is 46.9 Å². The van der Waals surface area contributed by atoms with E-state index in [1.165, 1.54) is 4.88 Å². The fourth-order valence-corrected chi connectivity index (χ4v) is 4.42. The smallest absolute Gasteiger partial charge is 0.347 e. The Labute approximate surface area is 201 Å². The zero-order valence-electron chi connectivity index (χ0n) is 19.3. The number of rotatable bonds is 10. The Morgan fingerprint density at radius 3 is 2.74 bits per heavy atom. The van der Waals surface area contributed by atoms with E-state index in [9.17, 15) is 9.59 Å². The van der Waals surface area contributed by atoms with Gasteiger partial charge in [-0.25, -0.2) is 4.79 Å². The molecule has 0 amide bonds. The number of aryl methyl sites for hydroxylation is 2. The van der Waals surface area contributed by atoms with Crippen molar-refractivity contribution in [1.82, 2.24) is 4.57 Å². The predicted octanol–water partition coefficient (Wildman–Crippen LogP) is 4.30. The average Bonchev–Trinajstić information content (AvgIpc) is 3.57. The van der Waals surface area contributed by atoms with Crippen LogP contribution >= 0.6 is 11.3 Å². The van der Waals surface area contributed by atoms with Crippen molar-refractivity contribution in [3.63, 3.8) is 0 Å². The highest BCUT2D eigenvalue weighted by atomic mass is 32.1. The van der Waals surface area contributed by atoms with Crippen LogP contribution in [0.5, 0.6) is 11.5 Å². The van der Waals surface area contributed by atoms with Gasteiger partial charge in [-0.15, -0.1) is 11.3 Å². The Hall–Kier alpha value is -3.59. The van der Waals surface area contributed by atoms with Gasteiger partial charge in [0, 0.05) is 33.9 Å². The van der Waals surface area contributed by atoms with Crippen molar-refractivity contribution >= 4 is 28.8 Å². The number of nitrogens with zero attached hydrogens (tertiary/aromatic N) is 2. The highest BCUT2D eigenvalue weighted by Gasteiger charge is 2.18. The molecular weight excluding hydrogens is 456 g/mol. The van der Waals surface area contributed by atoms with E-state index in [4.69, 9.17) is 19.0 Å². The lowest BCUT2D eigenvalue weighted by Gasteiger charge is -2.09. The second-order valence-electron chi connectivity index (χ2n) is 7.87. The molecule has 0 saturated heterocycles. The number of aromatic nitrogens is 1. The lowest BCUT2D eigenvalue weighted by atomic mass is 10.1. The Morgan fingerprint density at radius 2 is 1.94 bits per heavy atom. The SMILES string of the molecule is C/C(=N\OCC(=O)OCC(=O)c1cc(C)n(CCc2cccs2)c1C)c1ccc2c(c1)OCO2. The number of thiophene rings is 1. The quantitative estimate of drug-likeness (QED) is 0.185. The van der Waals surface area contributed by atoms with E-state index in [0.29, 0.717) is 22.8 Å². The Kier molecular flexibility index (Phi) is 7.32. The summed E-state index contributed by atoms with van der Waals surface area (Å²) in [5.74, 6) is 0.399. The third-order valence-electron chi connectivity index (χ3n) is 5.57. The third kappa shape index (κ3) is 5.48. The molecule has 0 bridgehead atoms. The second kappa shape index (κ2) is 10.6. The minimum atomic E-state index is -0.665. The van der Waals surface area contributed by atoms with Crippen LogP contribution in [-0.4, -0.2) is 42.0 Å². The first-order chi connectivity index (χ1) is 16.4. The topological polar surface area (TPSA) is 88.4 Å². The maximum absolute atomic E-state index is 12.6. The molecule has 178 valence electrons. The van der Waals surface area contributed by atoms with Crippen LogP contribution in [0.2, 0.25) is 0 Å². The van der Waals surface area contributed by atoms with E-state index >= 15 is 0 Å². The van der Waals surface area contributed by atoms with Gasteiger partial charge in [0.1, 0.15) is 0 Å². The molecule has 0 spiro atoms. The molecule has 0 fully saturated rings. The summed E-state index contributed by atoms with van der Waals surface area (Å²) < 4.78 is 17.8. The predicted molar refractivity (Wildman–Crippen MR) is 128 cm³/mol. The molecule has 0 saturated carbocycles. The lowest BCUT2D eigenvalue weighted by Crippen LogP contribution is -2.18. The van der Waals surface area contributed by atoms with Crippen molar-refractivity contribution in [3.8, 4) is 11.5 Å². The van der Waals surface area contributed by atoms with Crippen molar-refractivity contribution < 1.29 is 28.6 Å². The van der Waals surface area contributed by atoms with Gasteiger partial charge in [0.05, 0.1) is 5.71 Å². The van der Waals surface area contributed by atoms with Gasteiger partial charge in [0.25, 0.3) is 0 Å². The molecule has 0 unspecified atom stereocenters. The number of ketones is 1. The van der Waals surface area contributed by atoms with Crippen LogP contribution in [0.4, 0.5) is 0 Å². The van der Waals surface area contributed by atoms with Crippen molar-refractivity contribution in [2.75, 3.05) is 20.0 Å². The van der Waals surface area contributed by atoms with Crippen LogP contribution in [0, 0.1) is 13.8 Å². The van der Waals surface area contributed by atoms with Crippen molar-refractivity contribution in [1.29, 1.82) is 0 Å². The standard InChI is InChI=1S/C25H26N2O6S/c1-16-11-21(18(3)27(16)9-8-20-5-4-10-34-20)22(28)13-30-25(29)14-33-26-17(2)19-6-7-23-24(12-19)32-15-31-23/h4-7,10-12H,8-9,13-15H2,1-3H3/b26-17+. The van der Waals surface area contributed by atoms with Gasteiger partial charge in [-0.05, 0) is 62.9 Å². The maximum atomic E-state index is 12.6. The summed E-state index contributed by atoms with van der Waals surface area (Å²) in [5.41, 5.74) is 3.78. The van der Waals surface area contributed by atoms with E-state index in [1.54, 1.807) is 30.4 Å². The maximum Gasteiger partial charge on any atom is 0.347 e. The number of esters is 1. The summed E-state index contributed by atoms with van der Waals surface area (Å²) in [6.07, 6.45) is 0.903. The Balaban J connectivity index is 1.25. The number of fused-ring (bicyclic) bond motifs is 1. The number of carbonyl (C=O) groups is 2. The molecule has 9 heteroatoms. The van der Waals surface area contributed by atoms with Crippen LogP contribution in [0.25, 0.3) is 0 Å². The van der Waals surface area contributed by atoms with Gasteiger partial charge in [0.15, 0.2) is 18.1 Å². The van der Waals surface area contributed by atoms with Gasteiger partial charge in [-0.3, -0.25) is 4.79 Å². The fourth-order valence-electron chi connectivity index (χ4n) is 3.73. The molecule has 0 aliphatic carbocycles. The lowest BCUT2D eigenvalue weighted by molar-refractivity contribution is -0.147. The Morgan fingerprint density at radius 1 is 1.12 bits per heavy atom. The number of ether oxygens (including phenoxy) is 3. The van der Waals surface area contributed by atoms with Crippen LogP contribution in [-0.2, 0) is 27.3 Å². The highest BCUT2D eigenvalue weighted by Crippen LogP contribution is 2.32. The van der Waals surface area contributed by atoms with E-state index < -0.39 is 12.6 Å². The number of oxime groups is 1. The molecule has 0 radical (unpaired) electrons. The molecule has 1 aliphatic heterocycles. The molecule has 0 atom stereocenters. The number of carbonyl (C=O) groups excluding carboxylic acids is 2. The molecule has 1 aliphatic rings. The molecule has 1 aromatic carbocycles. The summed E-state index contributed by atoms with van der Waals surface area (Å²) in [6.45, 7) is 5.87. The first kappa shape index (κ1) is 23.6. The van der Waals surface area contributed by atoms with Gasteiger partial charge in [-0.1, -0.05) is 11.2 Å². The van der Waals surface area contributed by atoms with E-state index in [2.05, 4.69) is 21.2 Å². The first-order valence-corrected chi connectivity index (χ1v) is 11.7. The summed E-state index contributed by atoms with van der Waals surface area (Å²) >= 11 is 1.72. The first-order valence-electron chi connectivity index (χ1n) is 10.9. The second-order valence-corrected chi connectivity index (χ2v) is 8.90. The van der Waals surface area contributed by atoms with Crippen molar-refractivity contribution in [2.45, 2.75) is 33.7 Å². The number of hydrogen-bond donors (Lipinski definition) is 0. The normalized spacial score (nSPS) is 12.6. The molecule has 8 nitrogen and oxygen atoms in total. The summed E-state index contributed by atoms with van der Waals surface area (Å²) in [4.78, 5) is 31.1. The molecule has 0 N–H and O–H groups in total. The van der Waals surface area contributed by atoms with Gasteiger partial charge in [-0.2, -0.15) is 0 Å². The summed E-state index contributed by atoms with van der Waals surface area (Å²) in [5, 5.41) is 6.01. The third-order valence-corrected chi connectivity index (χ3v) is 6.51. The summed E-state index contributed by atoms with van der Waals surface area (Å²) in [6, 6.07) is 11.4. The van der Waals surface area contributed by atoms with Crippen molar-refractivity contribution in [2.24, 2.45) is 5.16 Å². The molecule has 2 aromatic heterocycles. The zero-order chi connectivity index (χ0) is 24.1. The van der Waals surface area contributed by atoms with Crippen molar-refractivity contribution in [3.05, 3.63) is 69.2 Å². The molecule has 34 heavy (non-hydrogen) atoms. The Bertz CT molecular complexity index is 1210. The van der Waals surface area contributed by atoms with Crippen LogP contribution < -0.4 is 9.47 Å². The minimum Gasteiger partial charge on any atom is -0.455 e. The zero-order valence-corrected chi connectivity index (χ0v) is 20.1. The number of benzene rings is 1. The number of hydrogen-bond acceptors (Lipinski definition) is 8. The molecule has 4 rings (SSSR count). The average molecular weight is 483 g/mol. The minimum absolute atomic E-state index is 0.189. The largest absolute Gasteiger partial charge is 0.455 e. The molecule has 3 aromatic rings. The fraction of sp³-hybridized carbons (Fsp3) is 0.320. The highest BCUT2D eigenvalue weighted by molar-refractivity contribution is 7.09. The molecular formula is C25H26N2O6S. The van der Waals surface area contributed by atoms with Gasteiger partial charge >= 0.3 is 5.97 Å². The number of Topliss-reactive ketones (excluding diaryl/α,β-unsaturated/α-hetero) is 1. The molecule has 3 heterocycles. The van der Waals surface area contributed by atoms with Gasteiger partial charge < -0.3 is 23.6 Å². The van der Waals surface area contributed by atoms with E-state index in [0.717, 1.165) is 29.9 Å². The van der Waals surface area contributed by atoms with Crippen LogP contribution in [0.1, 0.15) is 39.1 Å². The van der Waals surface area contributed by atoms with Crippen LogP contribution in [0.3, 0.4) is 0 Å². The monoisotopic (exact) mass is 482 g/mol. The van der Waals surface area contributed by atoms with E-state index in [1.807, 2.05) is 32.0 Å².